The zero-order chi connectivity index (χ0) is 14.8. The molecule has 19 heavy (non-hydrogen) atoms. The van der Waals surface area contributed by atoms with Crippen molar-refractivity contribution in [2.24, 2.45) is 5.92 Å². The first-order chi connectivity index (χ1) is 8.88. The van der Waals surface area contributed by atoms with Gasteiger partial charge < -0.3 is 20.4 Å². The maximum Gasteiger partial charge on any atom is 0.332 e. The quantitative estimate of drug-likeness (QED) is 0.591. The summed E-state index contributed by atoms with van der Waals surface area (Å²) >= 11 is 0. The van der Waals surface area contributed by atoms with E-state index in [9.17, 15) is 9.59 Å². The molecule has 0 unspecified atom stereocenters. The van der Waals surface area contributed by atoms with Crippen molar-refractivity contribution >= 4 is 12.0 Å². The molecule has 0 aliphatic rings. The number of carbonyl (C=O) groups is 2. The van der Waals surface area contributed by atoms with Crippen molar-refractivity contribution in [2.45, 2.75) is 32.8 Å². The van der Waals surface area contributed by atoms with Crippen LogP contribution in [0.3, 0.4) is 0 Å². The summed E-state index contributed by atoms with van der Waals surface area (Å²) in [6.07, 6.45) is -1.27. The third-order valence-corrected chi connectivity index (χ3v) is 2.35. The van der Waals surface area contributed by atoms with E-state index in [1.807, 2.05) is 19.9 Å². The Balaban J connectivity index is 4.17. The van der Waals surface area contributed by atoms with Crippen LogP contribution in [0.4, 0.5) is 4.79 Å². The van der Waals surface area contributed by atoms with Crippen molar-refractivity contribution in [3.05, 3.63) is 0 Å². The summed E-state index contributed by atoms with van der Waals surface area (Å²) in [5.74, 6) is -1.04. The Morgan fingerprint density at radius 3 is 2.53 bits per heavy atom. The van der Waals surface area contributed by atoms with Crippen LogP contribution in [-0.2, 0) is 4.79 Å². The molecular formula is C12H21N3O4. The van der Waals surface area contributed by atoms with Gasteiger partial charge in [0.05, 0.1) is 12.5 Å². The van der Waals surface area contributed by atoms with E-state index in [-0.39, 0.29) is 31.3 Å². The molecule has 0 aliphatic heterocycles. The first kappa shape index (κ1) is 17.2. The highest BCUT2D eigenvalue weighted by Gasteiger charge is 2.16. The van der Waals surface area contributed by atoms with E-state index >= 15 is 0 Å². The number of nitrogens with zero attached hydrogens (tertiary/aromatic N) is 2. The van der Waals surface area contributed by atoms with Crippen LogP contribution < -0.4 is 5.32 Å². The molecular weight excluding hydrogens is 250 g/mol. The Hall–Kier alpha value is -1.81. The average Bonchev–Trinajstić information content (AvgIpc) is 2.33. The normalized spacial score (nSPS) is 11.7. The first-order valence-corrected chi connectivity index (χ1v) is 6.19. The summed E-state index contributed by atoms with van der Waals surface area (Å²) in [5, 5.41) is 28.6. The number of aliphatic hydroxyl groups excluding tert-OH is 1. The van der Waals surface area contributed by atoms with Crippen molar-refractivity contribution in [1.29, 1.82) is 5.26 Å². The van der Waals surface area contributed by atoms with Gasteiger partial charge in [0.25, 0.3) is 0 Å². The number of carbonyl (C=O) groups excluding carboxylic acids is 1. The second-order valence-electron chi connectivity index (χ2n) is 4.62. The Morgan fingerprint density at radius 1 is 1.42 bits per heavy atom. The van der Waals surface area contributed by atoms with Gasteiger partial charge in [0.1, 0.15) is 0 Å². The molecule has 108 valence electrons. The highest BCUT2D eigenvalue weighted by molar-refractivity contribution is 5.74. The number of aliphatic carboxylic acids is 1. The Bertz CT molecular complexity index is 338. The van der Waals surface area contributed by atoms with Crippen LogP contribution in [0.15, 0.2) is 0 Å². The lowest BCUT2D eigenvalue weighted by Crippen LogP contribution is -2.43. The fourth-order valence-corrected chi connectivity index (χ4v) is 1.45. The average molecular weight is 271 g/mol. The molecule has 0 aromatic heterocycles. The number of urea groups is 1. The van der Waals surface area contributed by atoms with E-state index in [1.54, 1.807) is 0 Å². The van der Waals surface area contributed by atoms with Crippen molar-refractivity contribution in [3.63, 3.8) is 0 Å². The molecule has 0 saturated heterocycles. The second-order valence-corrected chi connectivity index (χ2v) is 4.62. The minimum Gasteiger partial charge on any atom is -0.479 e. The van der Waals surface area contributed by atoms with Crippen LogP contribution in [0.2, 0.25) is 0 Å². The number of rotatable bonds is 8. The summed E-state index contributed by atoms with van der Waals surface area (Å²) in [5.41, 5.74) is 0. The Kier molecular flexibility index (Phi) is 8.29. The predicted molar refractivity (Wildman–Crippen MR) is 68.3 cm³/mol. The van der Waals surface area contributed by atoms with Crippen molar-refractivity contribution in [2.75, 3.05) is 19.6 Å². The van der Waals surface area contributed by atoms with E-state index in [0.29, 0.717) is 13.1 Å². The number of hydrogen-bond acceptors (Lipinski definition) is 4. The molecule has 1 atom stereocenters. The lowest BCUT2D eigenvalue weighted by molar-refractivity contribution is -0.146. The van der Waals surface area contributed by atoms with Crippen LogP contribution in [0.1, 0.15) is 26.7 Å². The van der Waals surface area contributed by atoms with Gasteiger partial charge in [-0.1, -0.05) is 13.8 Å². The summed E-state index contributed by atoms with van der Waals surface area (Å²) < 4.78 is 0. The number of amides is 2. The van der Waals surface area contributed by atoms with Crippen molar-refractivity contribution in [1.82, 2.24) is 10.2 Å². The molecule has 3 N–H and O–H groups in total. The number of carboxylic acid groups (broad SMARTS) is 1. The van der Waals surface area contributed by atoms with E-state index < -0.39 is 12.1 Å². The molecule has 0 heterocycles. The lowest BCUT2D eigenvalue weighted by Gasteiger charge is -2.24. The maximum absolute atomic E-state index is 11.8. The fourth-order valence-electron chi connectivity index (χ4n) is 1.45. The summed E-state index contributed by atoms with van der Waals surface area (Å²) in [6, 6.07) is 1.63. The van der Waals surface area contributed by atoms with Gasteiger partial charge in [-0.25, -0.2) is 9.59 Å². The third kappa shape index (κ3) is 8.00. The smallest absolute Gasteiger partial charge is 0.332 e. The topological polar surface area (TPSA) is 114 Å². The molecule has 0 saturated carbocycles. The first-order valence-electron chi connectivity index (χ1n) is 6.19. The molecule has 7 heteroatoms. The van der Waals surface area contributed by atoms with Crippen LogP contribution >= 0.6 is 0 Å². The number of nitrogens with one attached hydrogen (secondary N) is 1. The maximum atomic E-state index is 11.8. The fraction of sp³-hybridized carbons (Fsp3) is 0.750. The highest BCUT2D eigenvalue weighted by Crippen LogP contribution is 2.01. The summed E-state index contributed by atoms with van der Waals surface area (Å²) in [7, 11) is 0. The molecule has 0 radical (unpaired) electrons. The molecule has 2 amide bonds. The second kappa shape index (κ2) is 9.16. The highest BCUT2D eigenvalue weighted by atomic mass is 16.4. The van der Waals surface area contributed by atoms with Crippen LogP contribution in [0.25, 0.3) is 0 Å². The number of aliphatic hydroxyl groups is 1. The summed E-state index contributed by atoms with van der Waals surface area (Å²) in [6.45, 7) is 4.85. The molecule has 0 rings (SSSR count). The van der Waals surface area contributed by atoms with Gasteiger partial charge in [-0.2, -0.15) is 5.26 Å². The molecule has 0 fully saturated rings. The molecule has 0 bridgehead atoms. The number of nitriles is 1. The van der Waals surface area contributed by atoms with E-state index in [4.69, 9.17) is 15.5 Å². The van der Waals surface area contributed by atoms with Crippen LogP contribution in [-0.4, -0.2) is 52.9 Å². The van der Waals surface area contributed by atoms with Gasteiger partial charge in [-0.3, -0.25) is 0 Å². The lowest BCUT2D eigenvalue weighted by atomic mass is 10.2. The van der Waals surface area contributed by atoms with Gasteiger partial charge >= 0.3 is 12.0 Å². The van der Waals surface area contributed by atoms with Crippen molar-refractivity contribution in [3.8, 4) is 6.07 Å². The zero-order valence-electron chi connectivity index (χ0n) is 11.3. The monoisotopic (exact) mass is 271 g/mol. The molecule has 0 aliphatic carbocycles. The molecule has 0 aromatic carbocycles. The van der Waals surface area contributed by atoms with E-state index in [0.717, 1.165) is 0 Å². The number of hydrogen-bond donors (Lipinski definition) is 3. The SMILES string of the molecule is CC(C)CN(CCC#N)C(=O)NCC[C@H](O)C(=O)O. The van der Waals surface area contributed by atoms with Gasteiger partial charge in [0, 0.05) is 26.1 Å². The van der Waals surface area contributed by atoms with E-state index in [1.165, 1.54) is 4.90 Å². The minimum absolute atomic E-state index is 0.0468. The van der Waals surface area contributed by atoms with Gasteiger partial charge in [0.2, 0.25) is 0 Å². The van der Waals surface area contributed by atoms with Crippen molar-refractivity contribution < 1.29 is 19.8 Å². The number of carboxylic acids is 1. The van der Waals surface area contributed by atoms with Crippen LogP contribution in [0, 0.1) is 17.2 Å². The minimum atomic E-state index is -1.47. The van der Waals surface area contributed by atoms with Gasteiger partial charge in [0.15, 0.2) is 6.10 Å². The zero-order valence-corrected chi connectivity index (χ0v) is 11.3. The third-order valence-electron chi connectivity index (χ3n) is 2.35. The molecule has 7 nitrogen and oxygen atoms in total. The molecule has 0 aromatic rings. The Morgan fingerprint density at radius 2 is 2.05 bits per heavy atom. The summed E-state index contributed by atoms with van der Waals surface area (Å²) in [4.78, 5) is 23.7. The van der Waals surface area contributed by atoms with E-state index in [2.05, 4.69) is 5.32 Å². The van der Waals surface area contributed by atoms with Gasteiger partial charge in [-0.05, 0) is 5.92 Å². The molecule has 0 spiro atoms. The predicted octanol–water partition coefficient (Wildman–Crippen LogP) is 0.403. The Labute approximate surface area is 112 Å². The standard InChI is InChI=1S/C12H21N3O4/c1-9(2)8-15(7-3-5-13)12(19)14-6-4-10(16)11(17)18/h9-10,16H,3-4,6-8H2,1-2H3,(H,14,19)(H,17,18)/t10-/m0/s1. The van der Waals surface area contributed by atoms with Crippen LogP contribution in [0.5, 0.6) is 0 Å². The largest absolute Gasteiger partial charge is 0.479 e. The van der Waals surface area contributed by atoms with Gasteiger partial charge in [-0.15, -0.1) is 0 Å².